The van der Waals surface area contributed by atoms with Gasteiger partial charge in [0.1, 0.15) is 5.82 Å². The van der Waals surface area contributed by atoms with Crippen LogP contribution < -0.4 is 5.73 Å². The minimum atomic E-state index is -0.233. The first kappa shape index (κ1) is 11.8. The van der Waals surface area contributed by atoms with Crippen LogP contribution in [0.2, 0.25) is 5.02 Å². The van der Waals surface area contributed by atoms with Crippen LogP contribution in [0, 0.1) is 5.82 Å². The molecule has 0 aromatic heterocycles. The van der Waals surface area contributed by atoms with Gasteiger partial charge in [-0.2, -0.15) is 0 Å². The number of hydrogen-bond donors (Lipinski definition) is 1. The maximum Gasteiger partial charge on any atom is 0.132 e. The van der Waals surface area contributed by atoms with E-state index in [-0.39, 0.29) is 18.0 Å². The van der Waals surface area contributed by atoms with E-state index < -0.39 is 0 Å². The van der Waals surface area contributed by atoms with Crippen molar-refractivity contribution in [2.24, 2.45) is 5.73 Å². The van der Waals surface area contributed by atoms with Crippen LogP contribution in [0.15, 0.2) is 12.1 Å². The fourth-order valence-corrected chi connectivity index (χ4v) is 2.08. The maximum absolute atomic E-state index is 14.0. The van der Waals surface area contributed by atoms with E-state index in [2.05, 4.69) is 0 Å². The number of halogens is 2. The number of nitrogens with two attached hydrogens (primary N) is 1. The van der Waals surface area contributed by atoms with E-state index in [0.29, 0.717) is 22.6 Å². The van der Waals surface area contributed by atoms with Gasteiger partial charge in [0.05, 0.1) is 6.61 Å². The van der Waals surface area contributed by atoms with Gasteiger partial charge in [-0.15, -0.1) is 0 Å². The first-order chi connectivity index (χ1) is 7.54. The molecule has 1 saturated carbocycles. The second-order valence-electron chi connectivity index (χ2n) is 4.51. The van der Waals surface area contributed by atoms with Crippen LogP contribution in [0.4, 0.5) is 4.39 Å². The zero-order valence-electron chi connectivity index (χ0n) is 9.22. The summed E-state index contributed by atoms with van der Waals surface area (Å²) in [5.74, 6) is -0.233. The second-order valence-corrected chi connectivity index (χ2v) is 4.95. The molecule has 2 N–H and O–H groups in total. The number of hydrogen-bond acceptors (Lipinski definition) is 2. The molecule has 1 aliphatic carbocycles. The Balaban J connectivity index is 2.28. The van der Waals surface area contributed by atoms with Gasteiger partial charge < -0.3 is 10.5 Å². The molecule has 0 spiro atoms. The Kier molecular flexibility index (Phi) is 3.19. The standard InChI is InChI=1S/C12H15ClFNO/c1-16-7-9-5-10(13)4-8(11(9)14)6-12(15)2-3-12/h4-5H,2-3,6-7,15H2,1H3. The molecule has 1 aliphatic rings. The van der Waals surface area contributed by atoms with Crippen LogP contribution in [-0.2, 0) is 17.8 Å². The van der Waals surface area contributed by atoms with Crippen LogP contribution in [0.1, 0.15) is 24.0 Å². The van der Waals surface area contributed by atoms with Gasteiger partial charge in [0, 0.05) is 23.2 Å². The Morgan fingerprint density at radius 2 is 2.06 bits per heavy atom. The molecule has 1 aromatic carbocycles. The normalized spacial score (nSPS) is 17.5. The van der Waals surface area contributed by atoms with Gasteiger partial charge in [0.15, 0.2) is 0 Å². The summed E-state index contributed by atoms with van der Waals surface area (Å²) in [5, 5.41) is 0.535. The van der Waals surface area contributed by atoms with E-state index in [1.54, 1.807) is 12.1 Å². The SMILES string of the molecule is COCc1cc(Cl)cc(CC2(N)CC2)c1F. The van der Waals surface area contributed by atoms with E-state index in [9.17, 15) is 4.39 Å². The monoisotopic (exact) mass is 243 g/mol. The van der Waals surface area contributed by atoms with Gasteiger partial charge in [-0.25, -0.2) is 4.39 Å². The number of benzene rings is 1. The minimum absolute atomic E-state index is 0.212. The Morgan fingerprint density at radius 3 is 2.62 bits per heavy atom. The van der Waals surface area contributed by atoms with Crippen molar-refractivity contribution in [3.05, 3.63) is 34.1 Å². The lowest BCUT2D eigenvalue weighted by Crippen LogP contribution is -2.25. The van der Waals surface area contributed by atoms with Crippen molar-refractivity contribution < 1.29 is 9.13 Å². The fraction of sp³-hybridized carbons (Fsp3) is 0.500. The van der Waals surface area contributed by atoms with Crippen LogP contribution in [-0.4, -0.2) is 12.6 Å². The Morgan fingerprint density at radius 1 is 1.44 bits per heavy atom. The molecule has 1 aromatic rings. The topological polar surface area (TPSA) is 35.2 Å². The van der Waals surface area contributed by atoms with Gasteiger partial charge in [0.25, 0.3) is 0 Å². The van der Waals surface area contributed by atoms with Gasteiger partial charge in [-0.05, 0) is 37.0 Å². The highest BCUT2D eigenvalue weighted by atomic mass is 35.5. The number of methoxy groups -OCH3 is 1. The zero-order chi connectivity index (χ0) is 11.8. The highest BCUT2D eigenvalue weighted by molar-refractivity contribution is 6.30. The van der Waals surface area contributed by atoms with Gasteiger partial charge in [-0.1, -0.05) is 11.6 Å². The predicted octanol–water partition coefficient (Wildman–Crippen LogP) is 2.66. The molecule has 0 aliphatic heterocycles. The summed E-state index contributed by atoms with van der Waals surface area (Å²) in [4.78, 5) is 0. The molecular formula is C12H15ClFNO. The molecule has 0 unspecified atom stereocenters. The summed E-state index contributed by atoms with van der Waals surface area (Å²) in [6, 6.07) is 3.25. The van der Waals surface area contributed by atoms with Gasteiger partial charge >= 0.3 is 0 Å². The largest absolute Gasteiger partial charge is 0.380 e. The zero-order valence-corrected chi connectivity index (χ0v) is 9.98. The summed E-state index contributed by atoms with van der Waals surface area (Å²) in [6.07, 6.45) is 2.47. The molecule has 0 amide bonds. The molecule has 16 heavy (non-hydrogen) atoms. The highest BCUT2D eigenvalue weighted by Crippen LogP contribution is 2.37. The Hall–Kier alpha value is -0.640. The third-order valence-corrected chi connectivity index (χ3v) is 3.14. The molecule has 0 heterocycles. The van der Waals surface area contributed by atoms with Gasteiger partial charge in [0.2, 0.25) is 0 Å². The average Bonchev–Trinajstić information content (AvgIpc) is 2.92. The fourth-order valence-electron chi connectivity index (χ4n) is 1.81. The van der Waals surface area contributed by atoms with Gasteiger partial charge in [-0.3, -0.25) is 0 Å². The minimum Gasteiger partial charge on any atom is -0.380 e. The van der Waals surface area contributed by atoms with E-state index in [1.165, 1.54) is 7.11 Å². The van der Waals surface area contributed by atoms with Crippen LogP contribution >= 0.6 is 11.6 Å². The number of rotatable bonds is 4. The molecule has 0 radical (unpaired) electrons. The molecule has 1 fully saturated rings. The van der Waals surface area contributed by atoms with E-state index in [1.807, 2.05) is 0 Å². The van der Waals surface area contributed by atoms with Crippen molar-refractivity contribution in [1.29, 1.82) is 0 Å². The lowest BCUT2D eigenvalue weighted by Gasteiger charge is -2.12. The molecular weight excluding hydrogens is 229 g/mol. The van der Waals surface area contributed by atoms with Crippen molar-refractivity contribution in [2.45, 2.75) is 31.4 Å². The van der Waals surface area contributed by atoms with Crippen LogP contribution in [0.5, 0.6) is 0 Å². The molecule has 0 bridgehead atoms. The predicted molar refractivity (Wildman–Crippen MR) is 62.0 cm³/mol. The van der Waals surface area contributed by atoms with Crippen molar-refractivity contribution >= 4 is 11.6 Å². The van der Waals surface area contributed by atoms with E-state index in [0.717, 1.165) is 12.8 Å². The molecule has 0 atom stereocenters. The molecule has 2 nitrogen and oxygen atoms in total. The Labute approximate surface area is 99.5 Å². The lowest BCUT2D eigenvalue weighted by atomic mass is 10.0. The highest BCUT2D eigenvalue weighted by Gasteiger charge is 2.38. The summed E-state index contributed by atoms with van der Waals surface area (Å²) >= 11 is 5.94. The lowest BCUT2D eigenvalue weighted by molar-refractivity contribution is 0.181. The molecule has 0 saturated heterocycles. The summed E-state index contributed by atoms with van der Waals surface area (Å²) in [5.41, 5.74) is 6.86. The van der Waals surface area contributed by atoms with E-state index >= 15 is 0 Å². The summed E-state index contributed by atoms with van der Waals surface area (Å²) in [6.45, 7) is 0.233. The maximum atomic E-state index is 14.0. The molecule has 88 valence electrons. The van der Waals surface area contributed by atoms with Crippen LogP contribution in [0.3, 0.4) is 0 Å². The first-order valence-corrected chi connectivity index (χ1v) is 5.66. The van der Waals surface area contributed by atoms with Crippen molar-refractivity contribution in [1.82, 2.24) is 0 Å². The first-order valence-electron chi connectivity index (χ1n) is 5.29. The van der Waals surface area contributed by atoms with Crippen molar-refractivity contribution in [2.75, 3.05) is 7.11 Å². The summed E-state index contributed by atoms with van der Waals surface area (Å²) < 4.78 is 18.9. The van der Waals surface area contributed by atoms with Crippen molar-refractivity contribution in [3.8, 4) is 0 Å². The number of ether oxygens (including phenoxy) is 1. The van der Waals surface area contributed by atoms with Crippen LogP contribution in [0.25, 0.3) is 0 Å². The summed E-state index contributed by atoms with van der Waals surface area (Å²) in [7, 11) is 1.53. The average molecular weight is 244 g/mol. The molecule has 4 heteroatoms. The smallest absolute Gasteiger partial charge is 0.132 e. The quantitative estimate of drug-likeness (QED) is 0.883. The van der Waals surface area contributed by atoms with Crippen molar-refractivity contribution in [3.63, 3.8) is 0 Å². The molecule has 2 rings (SSSR count). The van der Waals surface area contributed by atoms with E-state index in [4.69, 9.17) is 22.1 Å². The Bertz CT molecular complexity index is 404. The third kappa shape index (κ3) is 2.54. The second kappa shape index (κ2) is 4.32. The third-order valence-electron chi connectivity index (χ3n) is 2.92.